The quantitative estimate of drug-likeness (QED) is 0.854. The lowest BCUT2D eigenvalue weighted by Crippen LogP contribution is -2.45. The minimum Gasteiger partial charge on any atom is -0.495 e. The number of amides is 2. The van der Waals surface area contributed by atoms with Crippen LogP contribution in [0.3, 0.4) is 0 Å². The van der Waals surface area contributed by atoms with E-state index >= 15 is 0 Å². The van der Waals surface area contributed by atoms with Crippen LogP contribution in [-0.2, 0) is 9.59 Å². The van der Waals surface area contributed by atoms with Crippen LogP contribution in [0.5, 0.6) is 5.75 Å². The number of hydrogen-bond donors (Lipinski definition) is 2. The molecule has 1 atom stereocenters. The van der Waals surface area contributed by atoms with Gasteiger partial charge in [0, 0.05) is 18.7 Å². The van der Waals surface area contributed by atoms with Crippen molar-refractivity contribution in [1.82, 2.24) is 0 Å². The zero-order valence-corrected chi connectivity index (χ0v) is 16.1. The fraction of sp³-hybridized carbons (Fsp3) is 0.556. The van der Waals surface area contributed by atoms with Gasteiger partial charge in [-0.2, -0.15) is 0 Å². The van der Waals surface area contributed by atoms with Crippen molar-refractivity contribution in [2.75, 3.05) is 23.9 Å². The molecule has 140 valence electrons. The Morgan fingerprint density at radius 1 is 1.32 bits per heavy atom. The number of halogens is 1. The van der Waals surface area contributed by atoms with Crippen LogP contribution < -0.4 is 20.7 Å². The summed E-state index contributed by atoms with van der Waals surface area (Å²) in [5, 5.41) is 2.84. The van der Waals surface area contributed by atoms with E-state index in [0.29, 0.717) is 30.1 Å². The predicted molar refractivity (Wildman–Crippen MR) is 103 cm³/mol. The highest BCUT2D eigenvalue weighted by atomic mass is 35.5. The number of methoxy groups -OCH3 is 1. The van der Waals surface area contributed by atoms with Gasteiger partial charge in [0.05, 0.1) is 18.8 Å². The Bertz CT molecular complexity index is 628. The van der Waals surface area contributed by atoms with Crippen molar-refractivity contribution in [3.05, 3.63) is 18.2 Å². The molecule has 1 heterocycles. The number of anilines is 2. The molecule has 0 aliphatic carbocycles. The summed E-state index contributed by atoms with van der Waals surface area (Å²) < 4.78 is 5.38. The summed E-state index contributed by atoms with van der Waals surface area (Å²) in [6, 6.07) is 4.66. The highest BCUT2D eigenvalue weighted by Gasteiger charge is 2.28. The zero-order chi connectivity index (χ0) is 17.9. The van der Waals surface area contributed by atoms with Crippen molar-refractivity contribution in [3.63, 3.8) is 0 Å². The first-order chi connectivity index (χ1) is 11.2. The Kier molecular flexibility index (Phi) is 7.26. The number of nitrogens with two attached hydrogens (primary N) is 1. The maximum atomic E-state index is 12.3. The SMILES string of the molecule is COc1ccc(NC(=O)[C@@H](N)C(C)(C)C)cc1N1CCCCC1=O.Cl. The number of nitrogens with zero attached hydrogens (tertiary/aromatic N) is 1. The first-order valence-electron chi connectivity index (χ1n) is 8.29. The van der Waals surface area contributed by atoms with E-state index < -0.39 is 6.04 Å². The molecule has 1 saturated heterocycles. The van der Waals surface area contributed by atoms with Crippen molar-refractivity contribution in [3.8, 4) is 5.75 Å². The van der Waals surface area contributed by atoms with Crippen molar-refractivity contribution < 1.29 is 14.3 Å². The highest BCUT2D eigenvalue weighted by molar-refractivity contribution is 5.99. The first kappa shape index (κ1) is 21.3. The Labute approximate surface area is 155 Å². The van der Waals surface area contributed by atoms with E-state index in [0.717, 1.165) is 12.8 Å². The predicted octanol–water partition coefficient (Wildman–Crippen LogP) is 2.95. The second-order valence-electron chi connectivity index (χ2n) is 7.22. The minimum absolute atomic E-state index is 0. The molecule has 0 aromatic heterocycles. The van der Waals surface area contributed by atoms with Gasteiger partial charge in [0.25, 0.3) is 0 Å². The van der Waals surface area contributed by atoms with E-state index in [4.69, 9.17) is 10.5 Å². The van der Waals surface area contributed by atoms with Crippen LogP contribution in [0.25, 0.3) is 0 Å². The van der Waals surface area contributed by atoms with Crippen LogP contribution in [-0.4, -0.2) is 31.5 Å². The highest BCUT2D eigenvalue weighted by Crippen LogP contribution is 2.33. The summed E-state index contributed by atoms with van der Waals surface area (Å²) >= 11 is 0. The largest absolute Gasteiger partial charge is 0.495 e. The normalized spacial score (nSPS) is 16.0. The third kappa shape index (κ3) is 5.09. The number of carbonyl (C=O) groups excluding carboxylic acids is 2. The molecule has 3 N–H and O–H groups in total. The number of hydrogen-bond acceptors (Lipinski definition) is 4. The molecule has 1 aromatic carbocycles. The standard InChI is InChI=1S/C18H27N3O3.ClH/c1-18(2,3)16(19)17(23)20-12-8-9-14(24-4)13(11-12)21-10-6-5-7-15(21)22;/h8-9,11,16H,5-7,10,19H2,1-4H3,(H,20,23);1H/t16-;/m1./s1. The molecule has 2 rings (SSSR count). The Morgan fingerprint density at radius 2 is 2.00 bits per heavy atom. The number of benzene rings is 1. The summed E-state index contributed by atoms with van der Waals surface area (Å²) in [5.74, 6) is 0.446. The average Bonchev–Trinajstić information content (AvgIpc) is 2.53. The summed E-state index contributed by atoms with van der Waals surface area (Å²) in [4.78, 5) is 26.2. The molecule has 1 fully saturated rings. The van der Waals surface area contributed by atoms with E-state index in [9.17, 15) is 9.59 Å². The lowest BCUT2D eigenvalue weighted by Gasteiger charge is -2.29. The van der Waals surface area contributed by atoms with Gasteiger partial charge in [-0.15, -0.1) is 12.4 Å². The molecule has 2 amide bonds. The number of piperidine rings is 1. The molecule has 7 heteroatoms. The summed E-state index contributed by atoms with van der Waals surface area (Å²) in [5.41, 5.74) is 6.96. The third-order valence-corrected chi connectivity index (χ3v) is 4.28. The molecule has 6 nitrogen and oxygen atoms in total. The van der Waals surface area contributed by atoms with Crippen LogP contribution in [0.15, 0.2) is 18.2 Å². The molecule has 0 bridgehead atoms. The van der Waals surface area contributed by atoms with Gasteiger partial charge in [-0.25, -0.2) is 0 Å². The average molecular weight is 370 g/mol. The van der Waals surface area contributed by atoms with Crippen LogP contribution >= 0.6 is 12.4 Å². The molecule has 1 aliphatic rings. The summed E-state index contributed by atoms with van der Waals surface area (Å²) in [6.45, 7) is 6.42. The van der Waals surface area contributed by atoms with Crippen LogP contribution in [0.4, 0.5) is 11.4 Å². The Balaban J connectivity index is 0.00000312. The van der Waals surface area contributed by atoms with Crippen molar-refractivity contribution in [2.24, 2.45) is 11.1 Å². The maximum absolute atomic E-state index is 12.3. The van der Waals surface area contributed by atoms with Gasteiger partial charge in [0.1, 0.15) is 5.75 Å². The van der Waals surface area contributed by atoms with Gasteiger partial charge in [0.15, 0.2) is 0 Å². The monoisotopic (exact) mass is 369 g/mol. The van der Waals surface area contributed by atoms with Crippen LogP contribution in [0.2, 0.25) is 0 Å². The lowest BCUT2D eigenvalue weighted by atomic mass is 9.87. The molecule has 0 spiro atoms. The number of nitrogens with one attached hydrogen (secondary N) is 1. The molecule has 1 aromatic rings. The van der Waals surface area contributed by atoms with E-state index in [-0.39, 0.29) is 29.6 Å². The van der Waals surface area contributed by atoms with Crippen LogP contribution in [0.1, 0.15) is 40.0 Å². The smallest absolute Gasteiger partial charge is 0.241 e. The Hall–Kier alpha value is -1.79. The summed E-state index contributed by atoms with van der Waals surface area (Å²) in [7, 11) is 1.57. The number of carbonyl (C=O) groups is 2. The third-order valence-electron chi connectivity index (χ3n) is 4.28. The van der Waals surface area contributed by atoms with Gasteiger partial charge in [-0.05, 0) is 36.5 Å². The van der Waals surface area contributed by atoms with Crippen molar-refractivity contribution >= 4 is 35.6 Å². The summed E-state index contributed by atoms with van der Waals surface area (Å²) in [6.07, 6.45) is 2.41. The van der Waals surface area contributed by atoms with E-state index in [1.165, 1.54) is 0 Å². The molecular formula is C18H28ClN3O3. The number of ether oxygens (including phenoxy) is 1. The van der Waals surface area contributed by atoms with Crippen molar-refractivity contribution in [2.45, 2.75) is 46.1 Å². The fourth-order valence-corrected chi connectivity index (χ4v) is 2.65. The molecule has 1 aliphatic heterocycles. The van der Waals surface area contributed by atoms with Gasteiger partial charge < -0.3 is 20.7 Å². The molecule has 25 heavy (non-hydrogen) atoms. The molecule has 0 unspecified atom stereocenters. The second-order valence-corrected chi connectivity index (χ2v) is 7.22. The Morgan fingerprint density at radius 3 is 2.56 bits per heavy atom. The zero-order valence-electron chi connectivity index (χ0n) is 15.3. The molecule has 0 saturated carbocycles. The van der Waals surface area contributed by atoms with Crippen LogP contribution in [0, 0.1) is 5.41 Å². The van der Waals surface area contributed by atoms with E-state index in [2.05, 4.69) is 5.32 Å². The molecule has 0 radical (unpaired) electrons. The second kappa shape index (κ2) is 8.54. The topological polar surface area (TPSA) is 84.7 Å². The van der Waals surface area contributed by atoms with Gasteiger partial charge in [-0.3, -0.25) is 9.59 Å². The molecular weight excluding hydrogens is 342 g/mol. The first-order valence-corrected chi connectivity index (χ1v) is 8.29. The fourth-order valence-electron chi connectivity index (χ4n) is 2.65. The van der Waals surface area contributed by atoms with Gasteiger partial charge in [-0.1, -0.05) is 20.8 Å². The van der Waals surface area contributed by atoms with E-state index in [1.54, 1.807) is 30.2 Å². The van der Waals surface area contributed by atoms with Crippen molar-refractivity contribution in [1.29, 1.82) is 0 Å². The van der Waals surface area contributed by atoms with Gasteiger partial charge >= 0.3 is 0 Å². The van der Waals surface area contributed by atoms with Gasteiger partial charge in [0.2, 0.25) is 11.8 Å². The lowest BCUT2D eigenvalue weighted by molar-refractivity contribution is -0.120. The number of rotatable bonds is 4. The maximum Gasteiger partial charge on any atom is 0.241 e. The van der Waals surface area contributed by atoms with E-state index in [1.807, 2.05) is 20.8 Å². The minimum atomic E-state index is -0.625.